The van der Waals surface area contributed by atoms with Gasteiger partial charge in [-0.05, 0) is 76.4 Å². The number of carbonyl (C=O) groups is 1. The summed E-state index contributed by atoms with van der Waals surface area (Å²) >= 11 is 6.09. The SMILES string of the molecule is CC(C)(C)OC(=O)Nc1ccc(Cl)cc1CC1CCNC1. The van der Waals surface area contributed by atoms with Gasteiger partial charge in [-0.3, -0.25) is 5.32 Å². The van der Waals surface area contributed by atoms with Gasteiger partial charge in [-0.15, -0.1) is 0 Å². The van der Waals surface area contributed by atoms with Gasteiger partial charge in [0.05, 0.1) is 0 Å². The number of halogens is 1. The summed E-state index contributed by atoms with van der Waals surface area (Å²) in [4.78, 5) is 11.9. The minimum Gasteiger partial charge on any atom is -0.444 e. The number of anilines is 1. The molecule has 1 atom stereocenters. The largest absolute Gasteiger partial charge is 0.444 e. The van der Waals surface area contributed by atoms with E-state index in [-0.39, 0.29) is 0 Å². The van der Waals surface area contributed by atoms with Crippen molar-refractivity contribution in [1.82, 2.24) is 5.32 Å². The maximum absolute atomic E-state index is 11.9. The van der Waals surface area contributed by atoms with E-state index in [2.05, 4.69) is 10.6 Å². The lowest BCUT2D eigenvalue weighted by Crippen LogP contribution is -2.27. The van der Waals surface area contributed by atoms with Crippen LogP contribution in [0.25, 0.3) is 0 Å². The van der Waals surface area contributed by atoms with Crippen LogP contribution in [0.4, 0.5) is 10.5 Å². The van der Waals surface area contributed by atoms with Gasteiger partial charge in [0.15, 0.2) is 0 Å². The number of hydrogen-bond acceptors (Lipinski definition) is 3. The Bertz CT molecular complexity index is 505. The molecule has 1 aromatic carbocycles. The zero-order valence-corrected chi connectivity index (χ0v) is 13.6. The van der Waals surface area contributed by atoms with Crippen molar-refractivity contribution >= 4 is 23.4 Å². The third-order valence-electron chi connectivity index (χ3n) is 3.37. The summed E-state index contributed by atoms with van der Waals surface area (Å²) in [5.74, 6) is 0.586. The fourth-order valence-electron chi connectivity index (χ4n) is 2.47. The molecule has 1 aliphatic heterocycles. The van der Waals surface area contributed by atoms with Crippen LogP contribution in [0.2, 0.25) is 5.02 Å². The molecule has 1 saturated heterocycles. The predicted octanol–water partition coefficient (Wildman–Crippen LogP) is 3.84. The molecule has 4 nitrogen and oxygen atoms in total. The molecule has 1 heterocycles. The second-order valence-corrected chi connectivity index (χ2v) is 6.93. The summed E-state index contributed by atoms with van der Waals surface area (Å²) < 4.78 is 5.30. The van der Waals surface area contributed by atoms with Gasteiger partial charge in [0.25, 0.3) is 0 Å². The molecular formula is C16H23ClN2O2. The van der Waals surface area contributed by atoms with Gasteiger partial charge >= 0.3 is 6.09 Å². The number of nitrogens with one attached hydrogen (secondary N) is 2. The van der Waals surface area contributed by atoms with Crippen molar-refractivity contribution in [1.29, 1.82) is 0 Å². The maximum Gasteiger partial charge on any atom is 0.412 e. The van der Waals surface area contributed by atoms with Crippen LogP contribution in [0.1, 0.15) is 32.8 Å². The van der Waals surface area contributed by atoms with E-state index in [9.17, 15) is 4.79 Å². The maximum atomic E-state index is 11.9. The zero-order valence-electron chi connectivity index (χ0n) is 12.8. The first kappa shape index (κ1) is 16.1. The highest BCUT2D eigenvalue weighted by Crippen LogP contribution is 2.26. The number of hydrogen-bond donors (Lipinski definition) is 2. The lowest BCUT2D eigenvalue weighted by Gasteiger charge is -2.21. The van der Waals surface area contributed by atoms with Crippen molar-refractivity contribution < 1.29 is 9.53 Å². The Hall–Kier alpha value is -1.26. The molecular weight excluding hydrogens is 288 g/mol. The van der Waals surface area contributed by atoms with E-state index >= 15 is 0 Å². The average Bonchev–Trinajstić information content (AvgIpc) is 2.83. The standard InChI is InChI=1S/C16H23ClN2O2/c1-16(2,3)21-15(20)19-14-5-4-13(17)9-12(14)8-11-6-7-18-10-11/h4-5,9,11,18H,6-8,10H2,1-3H3,(H,19,20). The second kappa shape index (κ2) is 6.67. The van der Waals surface area contributed by atoms with Crippen LogP contribution in [0.3, 0.4) is 0 Å². The van der Waals surface area contributed by atoms with E-state index in [1.54, 1.807) is 6.07 Å². The van der Waals surface area contributed by atoms with Crippen LogP contribution in [0.15, 0.2) is 18.2 Å². The van der Waals surface area contributed by atoms with Crippen LogP contribution in [0.5, 0.6) is 0 Å². The number of benzene rings is 1. The topological polar surface area (TPSA) is 50.4 Å². The highest BCUT2D eigenvalue weighted by Gasteiger charge is 2.20. The third-order valence-corrected chi connectivity index (χ3v) is 3.61. The Kier molecular flexibility index (Phi) is 5.12. The first-order chi connectivity index (χ1) is 9.83. The molecule has 0 aromatic heterocycles. The molecule has 0 bridgehead atoms. The molecule has 2 N–H and O–H groups in total. The van der Waals surface area contributed by atoms with Gasteiger partial charge in [0, 0.05) is 10.7 Å². The Morgan fingerprint density at radius 1 is 1.48 bits per heavy atom. The molecule has 21 heavy (non-hydrogen) atoms. The smallest absolute Gasteiger partial charge is 0.412 e. The van der Waals surface area contributed by atoms with E-state index < -0.39 is 11.7 Å². The van der Waals surface area contributed by atoms with E-state index in [1.807, 2.05) is 32.9 Å². The molecule has 0 aliphatic carbocycles. The molecule has 116 valence electrons. The molecule has 1 fully saturated rings. The first-order valence-corrected chi connectivity index (χ1v) is 7.70. The molecule has 0 radical (unpaired) electrons. The van der Waals surface area contributed by atoms with Crippen molar-refractivity contribution in [2.45, 2.75) is 39.2 Å². The van der Waals surface area contributed by atoms with Crippen molar-refractivity contribution in [2.24, 2.45) is 5.92 Å². The van der Waals surface area contributed by atoms with Crippen LogP contribution in [0, 0.1) is 5.92 Å². The second-order valence-electron chi connectivity index (χ2n) is 6.49. The van der Waals surface area contributed by atoms with Crippen LogP contribution in [-0.2, 0) is 11.2 Å². The van der Waals surface area contributed by atoms with Crippen LogP contribution >= 0.6 is 11.6 Å². The summed E-state index contributed by atoms with van der Waals surface area (Å²) in [5.41, 5.74) is 1.33. The fraction of sp³-hybridized carbons (Fsp3) is 0.562. The summed E-state index contributed by atoms with van der Waals surface area (Å²) in [6.45, 7) is 7.61. The minimum atomic E-state index is -0.508. The number of rotatable bonds is 3. The van der Waals surface area contributed by atoms with Gasteiger partial charge in [0.1, 0.15) is 5.60 Å². The van der Waals surface area contributed by atoms with Gasteiger partial charge in [0.2, 0.25) is 0 Å². The van der Waals surface area contributed by atoms with Crippen LogP contribution in [-0.4, -0.2) is 24.8 Å². The average molecular weight is 311 g/mol. The third kappa shape index (κ3) is 5.21. The number of carbonyl (C=O) groups excluding carboxylic acids is 1. The first-order valence-electron chi connectivity index (χ1n) is 7.32. The van der Waals surface area contributed by atoms with Crippen molar-refractivity contribution in [3.63, 3.8) is 0 Å². The lowest BCUT2D eigenvalue weighted by molar-refractivity contribution is 0.0635. The predicted molar refractivity (Wildman–Crippen MR) is 86.0 cm³/mol. The highest BCUT2D eigenvalue weighted by molar-refractivity contribution is 6.30. The zero-order chi connectivity index (χ0) is 15.5. The Labute approximate surface area is 131 Å². The molecule has 1 unspecified atom stereocenters. The Morgan fingerprint density at radius 3 is 2.86 bits per heavy atom. The van der Waals surface area contributed by atoms with E-state index in [0.717, 1.165) is 37.2 Å². The number of amides is 1. The summed E-state index contributed by atoms with van der Waals surface area (Å²) in [6.07, 6.45) is 1.62. The molecule has 1 aromatic rings. The minimum absolute atomic E-state index is 0.435. The van der Waals surface area contributed by atoms with E-state index in [4.69, 9.17) is 16.3 Å². The summed E-state index contributed by atoms with van der Waals surface area (Å²) in [7, 11) is 0. The molecule has 1 aliphatic rings. The molecule has 1 amide bonds. The monoisotopic (exact) mass is 310 g/mol. The summed E-state index contributed by atoms with van der Waals surface area (Å²) in [5, 5.41) is 6.87. The fourth-order valence-corrected chi connectivity index (χ4v) is 2.66. The molecule has 0 saturated carbocycles. The molecule has 5 heteroatoms. The van der Waals surface area contributed by atoms with Gasteiger partial charge in [-0.2, -0.15) is 0 Å². The Balaban J connectivity index is 2.08. The van der Waals surface area contributed by atoms with E-state index in [0.29, 0.717) is 10.9 Å². The van der Waals surface area contributed by atoms with Crippen molar-refractivity contribution in [3.05, 3.63) is 28.8 Å². The highest BCUT2D eigenvalue weighted by atomic mass is 35.5. The van der Waals surface area contributed by atoms with E-state index in [1.165, 1.54) is 0 Å². The van der Waals surface area contributed by atoms with Gasteiger partial charge in [-0.25, -0.2) is 4.79 Å². The normalized spacial score (nSPS) is 18.6. The quantitative estimate of drug-likeness (QED) is 0.892. The van der Waals surface area contributed by atoms with Crippen LogP contribution < -0.4 is 10.6 Å². The lowest BCUT2D eigenvalue weighted by atomic mass is 9.97. The molecule has 2 rings (SSSR count). The van der Waals surface area contributed by atoms with Gasteiger partial charge < -0.3 is 10.1 Å². The van der Waals surface area contributed by atoms with Gasteiger partial charge in [-0.1, -0.05) is 11.6 Å². The van der Waals surface area contributed by atoms with Crippen molar-refractivity contribution in [2.75, 3.05) is 18.4 Å². The summed E-state index contributed by atoms with van der Waals surface area (Å²) in [6, 6.07) is 5.54. The Morgan fingerprint density at radius 2 is 2.24 bits per heavy atom. The van der Waals surface area contributed by atoms with Crippen molar-refractivity contribution in [3.8, 4) is 0 Å². The number of ether oxygens (including phenoxy) is 1. The molecule has 0 spiro atoms.